The Morgan fingerprint density at radius 3 is 1.93 bits per heavy atom. The molecule has 2 aromatic carbocycles. The first-order valence-corrected chi connectivity index (χ1v) is 12.9. The van der Waals surface area contributed by atoms with Crippen LogP contribution in [0.5, 0.6) is 0 Å². The third-order valence-corrected chi connectivity index (χ3v) is 6.87. The van der Waals surface area contributed by atoms with Gasteiger partial charge in [0.1, 0.15) is 0 Å². The average Bonchev–Trinajstić information content (AvgIpc) is 3.34. The molecule has 0 aliphatic carbocycles. The maximum absolute atomic E-state index is 13.8. The number of nitrogens with zero attached hydrogens (tertiary/aromatic N) is 6. The molecule has 1 fully saturated rings. The van der Waals surface area contributed by atoms with Crippen molar-refractivity contribution in [2.75, 3.05) is 31.2 Å². The first-order chi connectivity index (χ1) is 19.6. The number of halogens is 9. The van der Waals surface area contributed by atoms with Crippen LogP contribution in [0.3, 0.4) is 0 Å². The molecule has 4 rings (SSSR count). The van der Waals surface area contributed by atoms with Crippen LogP contribution in [-0.2, 0) is 43.4 Å². The Hall–Kier alpha value is -3.40. The maximum atomic E-state index is 13.8. The molecule has 230 valence electrons. The number of aryl methyl sites for hydroxylation is 1. The van der Waals surface area contributed by atoms with Crippen molar-refractivity contribution in [2.45, 2.75) is 51.0 Å². The zero-order valence-corrected chi connectivity index (χ0v) is 22.5. The van der Waals surface area contributed by atoms with Crippen LogP contribution in [0, 0.1) is 0 Å². The van der Waals surface area contributed by atoms with Gasteiger partial charge in [0.25, 0.3) is 5.95 Å². The van der Waals surface area contributed by atoms with Gasteiger partial charge in [0.15, 0.2) is 0 Å². The van der Waals surface area contributed by atoms with Crippen molar-refractivity contribution in [3.63, 3.8) is 0 Å². The molecular formula is C26H27F9N6O. The van der Waals surface area contributed by atoms with Crippen LogP contribution in [-0.4, -0.2) is 51.4 Å². The third-order valence-electron chi connectivity index (χ3n) is 6.87. The Morgan fingerprint density at radius 2 is 1.43 bits per heavy atom. The molecule has 0 amide bonds. The highest BCUT2D eigenvalue weighted by atomic mass is 19.4. The first-order valence-electron chi connectivity index (χ1n) is 12.9. The fraction of sp³-hybridized carbons (Fsp3) is 0.500. The van der Waals surface area contributed by atoms with Crippen molar-refractivity contribution in [1.29, 1.82) is 0 Å². The molecule has 0 saturated carbocycles. The smallest absolute Gasteiger partial charge is 0.379 e. The van der Waals surface area contributed by atoms with Gasteiger partial charge in [-0.1, -0.05) is 18.1 Å². The fourth-order valence-corrected chi connectivity index (χ4v) is 4.94. The van der Waals surface area contributed by atoms with Crippen molar-refractivity contribution in [3.8, 4) is 0 Å². The molecule has 42 heavy (non-hydrogen) atoms. The Balaban J connectivity index is 1.81. The molecule has 3 aromatic rings. The molecule has 1 aliphatic rings. The highest BCUT2D eigenvalue weighted by molar-refractivity contribution is 5.42. The molecule has 7 nitrogen and oxygen atoms in total. The number of aromatic nitrogens is 4. The molecule has 0 bridgehead atoms. The van der Waals surface area contributed by atoms with Gasteiger partial charge in [0, 0.05) is 32.2 Å². The van der Waals surface area contributed by atoms with E-state index in [9.17, 15) is 39.5 Å². The van der Waals surface area contributed by atoms with Crippen molar-refractivity contribution in [3.05, 3.63) is 69.8 Å². The lowest BCUT2D eigenvalue weighted by Gasteiger charge is -2.36. The summed E-state index contributed by atoms with van der Waals surface area (Å²) >= 11 is 0. The summed E-state index contributed by atoms with van der Waals surface area (Å²) < 4.78 is 128. The van der Waals surface area contributed by atoms with Crippen LogP contribution in [0.25, 0.3) is 0 Å². The minimum absolute atomic E-state index is 0.00744. The van der Waals surface area contributed by atoms with Gasteiger partial charge in [-0.2, -0.15) is 44.3 Å². The highest BCUT2D eigenvalue weighted by Gasteiger charge is 2.37. The maximum Gasteiger partial charge on any atom is 0.416 e. The van der Waals surface area contributed by atoms with Crippen molar-refractivity contribution >= 4 is 5.95 Å². The lowest BCUT2D eigenvalue weighted by molar-refractivity contribution is -0.143. The molecule has 0 spiro atoms. The van der Waals surface area contributed by atoms with E-state index in [0.29, 0.717) is 50.4 Å². The number of hydrogen-bond donors (Lipinski definition) is 0. The van der Waals surface area contributed by atoms with Gasteiger partial charge in [-0.15, -0.1) is 5.10 Å². The van der Waals surface area contributed by atoms with Gasteiger partial charge >= 0.3 is 18.5 Å². The lowest BCUT2D eigenvalue weighted by atomic mass is 9.94. The van der Waals surface area contributed by atoms with Gasteiger partial charge < -0.3 is 9.64 Å². The van der Waals surface area contributed by atoms with E-state index in [2.05, 4.69) is 20.3 Å². The van der Waals surface area contributed by atoms with Gasteiger partial charge in [0.2, 0.25) is 0 Å². The second-order valence-corrected chi connectivity index (χ2v) is 9.83. The van der Waals surface area contributed by atoms with E-state index in [4.69, 9.17) is 4.74 Å². The number of hydrogen-bond acceptors (Lipinski definition) is 6. The molecule has 0 unspecified atom stereocenters. The fourth-order valence-electron chi connectivity index (χ4n) is 4.94. The minimum Gasteiger partial charge on any atom is -0.379 e. The Bertz CT molecular complexity index is 1330. The summed E-state index contributed by atoms with van der Waals surface area (Å²) in [6, 6.07) is 4.06. The largest absolute Gasteiger partial charge is 0.416 e. The molecule has 2 heterocycles. The molecule has 0 radical (unpaired) electrons. The Labute approximate surface area is 234 Å². The van der Waals surface area contributed by atoms with Crippen LogP contribution in [0.2, 0.25) is 0 Å². The quantitative estimate of drug-likeness (QED) is 0.281. The van der Waals surface area contributed by atoms with Gasteiger partial charge in [-0.3, -0.25) is 4.90 Å². The average molecular weight is 611 g/mol. The number of benzene rings is 2. The number of rotatable bonds is 8. The third kappa shape index (κ3) is 7.51. The van der Waals surface area contributed by atoms with E-state index < -0.39 is 47.3 Å². The molecule has 0 N–H and O–H groups in total. The van der Waals surface area contributed by atoms with Crippen molar-refractivity contribution < 1.29 is 44.3 Å². The van der Waals surface area contributed by atoms with Crippen LogP contribution in [0.1, 0.15) is 52.8 Å². The van der Waals surface area contributed by atoms with E-state index in [1.165, 1.54) is 18.0 Å². The SMILES string of the molecule is CC[C@H](c1ccc(C(F)(F)F)cc1CN(Cc1cc(C(F)(F)F)cc(C(F)(F)F)c1)c1nnn(C)n1)N1CCOCC1. The zero-order chi connectivity index (χ0) is 30.9. The Morgan fingerprint density at radius 1 is 0.833 bits per heavy atom. The summed E-state index contributed by atoms with van der Waals surface area (Å²) in [6.07, 6.45) is -14.3. The second-order valence-electron chi connectivity index (χ2n) is 9.83. The normalized spacial score (nSPS) is 16.1. The summed E-state index contributed by atoms with van der Waals surface area (Å²) in [5, 5.41) is 11.6. The topological polar surface area (TPSA) is 59.3 Å². The van der Waals surface area contributed by atoms with Gasteiger partial charge in [-0.05, 0) is 58.7 Å². The summed E-state index contributed by atoms with van der Waals surface area (Å²) in [4.78, 5) is 4.28. The predicted molar refractivity (Wildman–Crippen MR) is 132 cm³/mol. The summed E-state index contributed by atoms with van der Waals surface area (Å²) in [6.45, 7) is 2.84. The van der Waals surface area contributed by atoms with Gasteiger partial charge in [-0.25, -0.2) is 0 Å². The number of tetrazole rings is 1. The molecular weight excluding hydrogens is 583 g/mol. The molecule has 1 atom stereocenters. The molecule has 1 saturated heterocycles. The Kier molecular flexibility index (Phi) is 9.06. The van der Waals surface area contributed by atoms with Crippen molar-refractivity contribution in [2.24, 2.45) is 7.05 Å². The van der Waals surface area contributed by atoms with E-state index in [1.807, 2.05) is 6.92 Å². The van der Waals surface area contributed by atoms with Crippen LogP contribution in [0.4, 0.5) is 45.5 Å². The summed E-state index contributed by atoms with van der Waals surface area (Å²) in [5.41, 5.74) is -3.68. The number of alkyl halides is 9. The summed E-state index contributed by atoms with van der Waals surface area (Å²) in [7, 11) is 1.39. The number of anilines is 1. The van der Waals surface area contributed by atoms with Crippen LogP contribution >= 0.6 is 0 Å². The zero-order valence-electron chi connectivity index (χ0n) is 22.5. The van der Waals surface area contributed by atoms with Gasteiger partial charge in [0.05, 0.1) is 37.0 Å². The monoisotopic (exact) mass is 610 g/mol. The van der Waals surface area contributed by atoms with E-state index >= 15 is 0 Å². The first kappa shape index (κ1) is 31.5. The van der Waals surface area contributed by atoms with Crippen LogP contribution in [0.15, 0.2) is 36.4 Å². The molecule has 1 aliphatic heterocycles. The molecule has 1 aromatic heterocycles. The van der Waals surface area contributed by atoms with Crippen molar-refractivity contribution in [1.82, 2.24) is 25.1 Å². The second kappa shape index (κ2) is 12.1. The standard InChI is InChI=1S/C26H27F9N6O/c1-3-22(40-6-8-42-9-7-40)21-5-4-18(24(27,28)29)12-17(21)15-41(23-36-38-39(2)37-23)14-16-10-19(25(30,31)32)13-20(11-16)26(33,34)35/h4-5,10-13,22H,3,6-9,14-15H2,1-2H3/t22-/m1/s1. The predicted octanol–water partition coefficient (Wildman–Crippen LogP) is 6.26. The van der Waals surface area contributed by atoms with Crippen LogP contribution < -0.4 is 4.90 Å². The lowest BCUT2D eigenvalue weighted by Crippen LogP contribution is -2.39. The van der Waals surface area contributed by atoms with E-state index in [0.717, 1.165) is 16.9 Å². The number of ether oxygens (including phenoxy) is 1. The van der Waals surface area contributed by atoms with E-state index in [1.54, 1.807) is 0 Å². The minimum atomic E-state index is -5.08. The molecule has 16 heteroatoms. The summed E-state index contributed by atoms with van der Waals surface area (Å²) in [5.74, 6) is -0.189. The highest BCUT2D eigenvalue weighted by Crippen LogP contribution is 2.38. The van der Waals surface area contributed by atoms with E-state index in [-0.39, 0.29) is 30.2 Å². The number of morpholine rings is 1.